The Bertz CT molecular complexity index is 597. The lowest BCUT2D eigenvalue weighted by Crippen LogP contribution is -2.06. The largest absolute Gasteiger partial charge is 0.497 e. The van der Waals surface area contributed by atoms with Crippen LogP contribution in [0.3, 0.4) is 0 Å². The Kier molecular flexibility index (Phi) is 3.50. The molecule has 0 atom stereocenters. The average molecular weight is 273 g/mol. The van der Waals surface area contributed by atoms with Crippen molar-refractivity contribution < 1.29 is 9.13 Å². The van der Waals surface area contributed by atoms with Crippen molar-refractivity contribution in [3.8, 4) is 5.75 Å². The Morgan fingerprint density at radius 1 is 1.25 bits per heavy atom. The lowest BCUT2D eigenvalue weighted by Gasteiger charge is -2.09. The molecule has 3 rings (SSSR count). The third-order valence-electron chi connectivity index (χ3n) is 3.40. The summed E-state index contributed by atoms with van der Waals surface area (Å²) < 4.78 is 19.3. The molecule has 0 spiro atoms. The highest BCUT2D eigenvalue weighted by Crippen LogP contribution is 2.40. The first-order valence-corrected chi connectivity index (χ1v) is 6.65. The van der Waals surface area contributed by atoms with Crippen molar-refractivity contribution in [2.75, 3.05) is 12.4 Å². The highest BCUT2D eigenvalue weighted by Gasteiger charge is 2.29. The van der Waals surface area contributed by atoms with Crippen molar-refractivity contribution in [3.05, 3.63) is 47.7 Å². The molecule has 1 fully saturated rings. The summed E-state index contributed by atoms with van der Waals surface area (Å²) in [5.41, 5.74) is 1.58. The molecule has 1 aliphatic rings. The molecule has 1 heterocycles. The molecule has 0 unspecified atom stereocenters. The molecule has 1 aromatic carbocycles. The molecule has 1 saturated carbocycles. The second-order valence-corrected chi connectivity index (χ2v) is 4.90. The van der Waals surface area contributed by atoms with Crippen LogP contribution in [0.15, 0.2) is 30.6 Å². The molecule has 0 radical (unpaired) electrons. The van der Waals surface area contributed by atoms with E-state index in [1.807, 2.05) is 24.3 Å². The maximum Gasteiger partial charge on any atom is 0.187 e. The lowest BCUT2D eigenvalue weighted by molar-refractivity contribution is 0.414. The predicted molar refractivity (Wildman–Crippen MR) is 74.3 cm³/mol. The van der Waals surface area contributed by atoms with E-state index in [2.05, 4.69) is 15.3 Å². The third-order valence-corrected chi connectivity index (χ3v) is 3.40. The van der Waals surface area contributed by atoms with Crippen molar-refractivity contribution >= 4 is 5.82 Å². The van der Waals surface area contributed by atoms with Gasteiger partial charge in [0.1, 0.15) is 12.1 Å². The molecule has 4 nitrogen and oxygen atoms in total. The van der Waals surface area contributed by atoms with E-state index >= 15 is 0 Å². The van der Waals surface area contributed by atoms with Crippen LogP contribution in [-0.2, 0) is 6.54 Å². The van der Waals surface area contributed by atoms with E-state index in [1.165, 1.54) is 6.33 Å². The minimum absolute atomic E-state index is 0.276. The molecule has 0 bridgehead atoms. The van der Waals surface area contributed by atoms with Gasteiger partial charge in [-0.2, -0.15) is 0 Å². The molecule has 1 aromatic heterocycles. The number of benzene rings is 1. The van der Waals surface area contributed by atoms with Gasteiger partial charge in [0, 0.05) is 12.5 Å². The number of nitrogens with one attached hydrogen (secondary N) is 1. The fourth-order valence-corrected chi connectivity index (χ4v) is 2.08. The second-order valence-electron chi connectivity index (χ2n) is 4.90. The van der Waals surface area contributed by atoms with Crippen LogP contribution >= 0.6 is 0 Å². The van der Waals surface area contributed by atoms with Gasteiger partial charge >= 0.3 is 0 Å². The number of hydrogen-bond donors (Lipinski definition) is 1. The van der Waals surface area contributed by atoms with Crippen molar-refractivity contribution in [2.45, 2.75) is 25.3 Å². The van der Waals surface area contributed by atoms with Gasteiger partial charge in [-0.1, -0.05) is 12.1 Å². The normalized spacial score (nSPS) is 14.1. The summed E-state index contributed by atoms with van der Waals surface area (Å²) in [5, 5.41) is 3.02. The van der Waals surface area contributed by atoms with Crippen molar-refractivity contribution in [3.63, 3.8) is 0 Å². The number of methoxy groups -OCH3 is 1. The van der Waals surface area contributed by atoms with Gasteiger partial charge < -0.3 is 10.1 Å². The van der Waals surface area contributed by atoms with Crippen LogP contribution in [0.1, 0.15) is 30.0 Å². The topological polar surface area (TPSA) is 47.0 Å². The predicted octanol–water partition coefficient (Wildman–Crippen LogP) is 3.11. The van der Waals surface area contributed by atoms with Crippen LogP contribution in [0.4, 0.5) is 10.2 Å². The highest BCUT2D eigenvalue weighted by molar-refractivity contribution is 5.40. The zero-order chi connectivity index (χ0) is 13.9. The van der Waals surface area contributed by atoms with Crippen LogP contribution in [-0.4, -0.2) is 17.1 Å². The molecule has 104 valence electrons. The summed E-state index contributed by atoms with van der Waals surface area (Å²) in [6, 6.07) is 7.63. The summed E-state index contributed by atoms with van der Waals surface area (Å²) in [7, 11) is 1.63. The third kappa shape index (κ3) is 2.71. The van der Waals surface area contributed by atoms with Gasteiger partial charge in [-0.05, 0) is 30.5 Å². The number of hydrogen-bond acceptors (Lipinski definition) is 4. The van der Waals surface area contributed by atoms with Crippen molar-refractivity contribution in [1.29, 1.82) is 0 Å². The van der Waals surface area contributed by atoms with E-state index in [9.17, 15) is 4.39 Å². The molecule has 0 saturated heterocycles. The number of ether oxygens (including phenoxy) is 1. The van der Waals surface area contributed by atoms with Crippen LogP contribution in [0.25, 0.3) is 0 Å². The molecular weight excluding hydrogens is 257 g/mol. The Morgan fingerprint density at radius 3 is 2.65 bits per heavy atom. The van der Waals surface area contributed by atoms with Crippen LogP contribution < -0.4 is 10.1 Å². The van der Waals surface area contributed by atoms with E-state index < -0.39 is 0 Å². The first-order chi connectivity index (χ1) is 9.78. The molecule has 1 N–H and O–H groups in total. The maximum atomic E-state index is 14.2. The molecule has 1 aliphatic carbocycles. The highest BCUT2D eigenvalue weighted by atomic mass is 19.1. The van der Waals surface area contributed by atoms with Crippen molar-refractivity contribution in [2.24, 2.45) is 0 Å². The van der Waals surface area contributed by atoms with Gasteiger partial charge in [0.2, 0.25) is 0 Å². The van der Waals surface area contributed by atoms with Gasteiger partial charge in [-0.3, -0.25) is 0 Å². The zero-order valence-electron chi connectivity index (χ0n) is 11.3. The summed E-state index contributed by atoms with van der Waals surface area (Å²) in [5.74, 6) is 1.04. The minimum atomic E-state index is -0.316. The summed E-state index contributed by atoms with van der Waals surface area (Å²) in [4.78, 5) is 8.01. The van der Waals surface area contributed by atoms with E-state index in [1.54, 1.807) is 7.11 Å². The lowest BCUT2D eigenvalue weighted by atomic mass is 10.2. The fourth-order valence-electron chi connectivity index (χ4n) is 2.08. The monoisotopic (exact) mass is 273 g/mol. The fraction of sp³-hybridized carbons (Fsp3) is 0.333. The molecule has 2 aromatic rings. The zero-order valence-corrected chi connectivity index (χ0v) is 11.3. The van der Waals surface area contributed by atoms with Crippen LogP contribution in [0.2, 0.25) is 0 Å². The summed E-state index contributed by atoms with van der Waals surface area (Å²) in [6.07, 6.45) is 3.46. The average Bonchev–Trinajstić information content (AvgIpc) is 3.31. The van der Waals surface area contributed by atoms with Gasteiger partial charge in [0.05, 0.1) is 12.8 Å². The minimum Gasteiger partial charge on any atom is -0.497 e. The Labute approximate surface area is 117 Å². The maximum absolute atomic E-state index is 14.2. The smallest absolute Gasteiger partial charge is 0.187 e. The Balaban J connectivity index is 1.69. The van der Waals surface area contributed by atoms with Gasteiger partial charge in [0.25, 0.3) is 0 Å². The number of halogens is 1. The van der Waals surface area contributed by atoms with Gasteiger partial charge in [0.15, 0.2) is 11.6 Å². The molecular formula is C15H16FN3O. The SMILES string of the molecule is COc1ccc(CNc2ncnc(C3CC3)c2F)cc1. The second kappa shape index (κ2) is 5.45. The van der Waals surface area contributed by atoms with E-state index in [0.29, 0.717) is 12.2 Å². The van der Waals surface area contributed by atoms with Crippen LogP contribution in [0.5, 0.6) is 5.75 Å². The number of aromatic nitrogens is 2. The Hall–Kier alpha value is -2.17. The van der Waals surface area contributed by atoms with Crippen molar-refractivity contribution in [1.82, 2.24) is 9.97 Å². The van der Waals surface area contributed by atoms with E-state index in [0.717, 1.165) is 24.2 Å². The standard InChI is InChI=1S/C15H16FN3O/c1-20-12-6-2-10(3-7-12)8-17-15-13(16)14(11-4-5-11)18-9-19-15/h2-3,6-7,9,11H,4-5,8H2,1H3,(H,17,18,19). The number of rotatable bonds is 5. The first-order valence-electron chi connectivity index (χ1n) is 6.65. The first kappa shape index (κ1) is 12.8. The van der Waals surface area contributed by atoms with Gasteiger partial charge in [-0.25, -0.2) is 14.4 Å². The Morgan fingerprint density at radius 2 is 2.00 bits per heavy atom. The van der Waals surface area contributed by atoms with E-state index in [4.69, 9.17) is 4.74 Å². The number of anilines is 1. The molecule has 20 heavy (non-hydrogen) atoms. The van der Waals surface area contributed by atoms with Crippen LogP contribution in [0, 0.1) is 5.82 Å². The van der Waals surface area contributed by atoms with E-state index in [-0.39, 0.29) is 17.6 Å². The molecule has 0 amide bonds. The van der Waals surface area contributed by atoms with Gasteiger partial charge in [-0.15, -0.1) is 0 Å². The quantitative estimate of drug-likeness (QED) is 0.909. The molecule has 5 heteroatoms. The number of nitrogens with zero attached hydrogens (tertiary/aromatic N) is 2. The summed E-state index contributed by atoms with van der Waals surface area (Å²) in [6.45, 7) is 0.516. The summed E-state index contributed by atoms with van der Waals surface area (Å²) >= 11 is 0. The molecule has 0 aliphatic heterocycles.